The molecule has 104 valence electrons. The molecular formula is C12H13ClFNO3S. The Balaban J connectivity index is 2.36. The first kappa shape index (κ1) is 14.4. The molecule has 0 amide bonds. The zero-order valence-corrected chi connectivity index (χ0v) is 11.6. The molecule has 1 unspecified atom stereocenters. The van der Waals surface area contributed by atoms with Crippen LogP contribution in [0.25, 0.3) is 0 Å². The minimum Gasteiger partial charge on any atom is -0.303 e. The van der Waals surface area contributed by atoms with Gasteiger partial charge in [-0.2, -0.15) is 4.31 Å². The summed E-state index contributed by atoms with van der Waals surface area (Å²) in [7, 11) is -3.86. The summed E-state index contributed by atoms with van der Waals surface area (Å²) in [4.78, 5) is 10.5. The van der Waals surface area contributed by atoms with Gasteiger partial charge in [-0.25, -0.2) is 12.8 Å². The first-order valence-electron chi connectivity index (χ1n) is 5.85. The summed E-state index contributed by atoms with van der Waals surface area (Å²) in [6.07, 6.45) is 2.04. The van der Waals surface area contributed by atoms with Crippen LogP contribution < -0.4 is 0 Å². The number of sulfonamides is 1. The highest BCUT2D eigenvalue weighted by atomic mass is 35.5. The molecule has 7 heteroatoms. The van der Waals surface area contributed by atoms with E-state index >= 15 is 0 Å². The summed E-state index contributed by atoms with van der Waals surface area (Å²) in [5.41, 5.74) is 0. The van der Waals surface area contributed by atoms with Gasteiger partial charge in [-0.05, 0) is 31.0 Å². The van der Waals surface area contributed by atoms with Gasteiger partial charge in [0.05, 0.1) is 5.02 Å². The second-order valence-electron chi connectivity index (χ2n) is 4.48. The lowest BCUT2D eigenvalue weighted by Crippen LogP contribution is -2.40. The molecule has 1 aliphatic heterocycles. The summed E-state index contributed by atoms with van der Waals surface area (Å²) in [5, 5.41) is -0.0189. The Bertz CT molecular complexity index is 591. The molecule has 1 fully saturated rings. The lowest BCUT2D eigenvalue weighted by atomic mass is 10.0. The molecule has 19 heavy (non-hydrogen) atoms. The highest BCUT2D eigenvalue weighted by molar-refractivity contribution is 7.89. The van der Waals surface area contributed by atoms with Crippen LogP contribution in [0, 0.1) is 11.7 Å². The van der Waals surface area contributed by atoms with Crippen molar-refractivity contribution >= 4 is 27.9 Å². The maximum Gasteiger partial charge on any atom is 0.244 e. The Morgan fingerprint density at radius 1 is 1.42 bits per heavy atom. The topological polar surface area (TPSA) is 54.5 Å². The maximum atomic E-state index is 13.2. The van der Waals surface area contributed by atoms with Crippen molar-refractivity contribution in [1.29, 1.82) is 0 Å². The third-order valence-corrected chi connectivity index (χ3v) is 5.47. The second-order valence-corrected chi connectivity index (χ2v) is 6.79. The quantitative estimate of drug-likeness (QED) is 0.803. The SMILES string of the molecule is O=CC1CCCN(S(=O)(=O)c2cc(F)ccc2Cl)C1. The molecule has 2 rings (SSSR count). The summed E-state index contributed by atoms with van der Waals surface area (Å²) in [6.45, 7) is 0.443. The summed E-state index contributed by atoms with van der Waals surface area (Å²) < 4.78 is 39.1. The van der Waals surface area contributed by atoms with Crippen molar-refractivity contribution in [2.24, 2.45) is 5.92 Å². The number of hydrogen-bond acceptors (Lipinski definition) is 3. The minimum atomic E-state index is -3.86. The number of halogens is 2. The number of hydrogen-bond donors (Lipinski definition) is 0. The number of carbonyl (C=O) groups excluding carboxylic acids is 1. The summed E-state index contributed by atoms with van der Waals surface area (Å²) in [6, 6.07) is 3.22. The predicted molar refractivity (Wildman–Crippen MR) is 69.0 cm³/mol. The molecule has 4 nitrogen and oxygen atoms in total. The number of aldehydes is 1. The van der Waals surface area contributed by atoms with Crippen molar-refractivity contribution in [3.8, 4) is 0 Å². The molecule has 0 radical (unpaired) electrons. The van der Waals surface area contributed by atoms with Crippen LogP contribution in [0.5, 0.6) is 0 Å². The largest absolute Gasteiger partial charge is 0.303 e. The highest BCUT2D eigenvalue weighted by Crippen LogP contribution is 2.28. The highest BCUT2D eigenvalue weighted by Gasteiger charge is 2.31. The van der Waals surface area contributed by atoms with Crippen LogP contribution in [0.3, 0.4) is 0 Å². The average molecular weight is 306 g/mol. The predicted octanol–water partition coefficient (Wildman–Crippen LogP) is 2.08. The monoisotopic (exact) mass is 305 g/mol. The number of benzene rings is 1. The minimum absolute atomic E-state index is 0.0189. The smallest absolute Gasteiger partial charge is 0.244 e. The Hall–Kier alpha value is -0.980. The molecule has 0 saturated carbocycles. The van der Waals surface area contributed by atoms with Gasteiger partial charge in [0.1, 0.15) is 17.0 Å². The fourth-order valence-electron chi connectivity index (χ4n) is 2.12. The van der Waals surface area contributed by atoms with Gasteiger partial charge < -0.3 is 4.79 Å². The van der Waals surface area contributed by atoms with Crippen molar-refractivity contribution in [2.75, 3.05) is 13.1 Å². The number of piperidine rings is 1. The van der Waals surface area contributed by atoms with E-state index in [2.05, 4.69) is 0 Å². The fraction of sp³-hybridized carbons (Fsp3) is 0.417. The third-order valence-electron chi connectivity index (χ3n) is 3.12. The summed E-state index contributed by atoms with van der Waals surface area (Å²) >= 11 is 5.83. The van der Waals surface area contributed by atoms with Crippen LogP contribution in [-0.2, 0) is 14.8 Å². The zero-order chi connectivity index (χ0) is 14.0. The van der Waals surface area contributed by atoms with Crippen LogP contribution in [0.4, 0.5) is 4.39 Å². The lowest BCUT2D eigenvalue weighted by molar-refractivity contribution is -0.112. The number of carbonyl (C=O) groups is 1. The van der Waals surface area contributed by atoms with E-state index in [9.17, 15) is 17.6 Å². The normalized spacial score (nSPS) is 21.3. The summed E-state index contributed by atoms with van der Waals surface area (Å²) in [5.74, 6) is -0.970. The molecule has 1 aromatic rings. The standard InChI is InChI=1S/C12H13ClFNO3S/c13-11-4-3-10(14)6-12(11)19(17,18)15-5-1-2-9(7-15)8-16/h3-4,6,8-9H,1-2,5,7H2. The van der Waals surface area contributed by atoms with E-state index in [0.29, 0.717) is 19.4 Å². The fourth-order valence-corrected chi connectivity index (χ4v) is 4.14. The van der Waals surface area contributed by atoms with Gasteiger partial charge in [-0.1, -0.05) is 11.6 Å². The Morgan fingerprint density at radius 2 is 2.16 bits per heavy atom. The Kier molecular flexibility index (Phi) is 4.23. The van der Waals surface area contributed by atoms with Crippen molar-refractivity contribution in [3.05, 3.63) is 29.0 Å². The number of nitrogens with zero attached hydrogens (tertiary/aromatic N) is 1. The second kappa shape index (κ2) is 5.56. The van der Waals surface area contributed by atoms with E-state index < -0.39 is 15.8 Å². The van der Waals surface area contributed by atoms with E-state index in [1.165, 1.54) is 10.4 Å². The van der Waals surface area contributed by atoms with Crippen molar-refractivity contribution in [1.82, 2.24) is 4.31 Å². The van der Waals surface area contributed by atoms with E-state index in [1.807, 2.05) is 0 Å². The third kappa shape index (κ3) is 2.96. The molecule has 0 bridgehead atoms. The average Bonchev–Trinajstić information content (AvgIpc) is 2.41. The molecule has 1 aromatic carbocycles. The van der Waals surface area contributed by atoms with Crippen LogP contribution in [0.15, 0.2) is 23.1 Å². The Morgan fingerprint density at radius 3 is 2.84 bits per heavy atom. The van der Waals surface area contributed by atoms with Gasteiger partial charge in [0.2, 0.25) is 10.0 Å². The molecule has 1 saturated heterocycles. The lowest BCUT2D eigenvalue weighted by Gasteiger charge is -2.29. The molecule has 0 aliphatic carbocycles. The van der Waals surface area contributed by atoms with Gasteiger partial charge in [-0.3, -0.25) is 0 Å². The molecule has 0 N–H and O–H groups in total. The first-order valence-corrected chi connectivity index (χ1v) is 7.67. The van der Waals surface area contributed by atoms with Gasteiger partial charge in [0.25, 0.3) is 0 Å². The van der Waals surface area contributed by atoms with E-state index in [0.717, 1.165) is 18.4 Å². The van der Waals surface area contributed by atoms with Gasteiger partial charge >= 0.3 is 0 Å². The van der Waals surface area contributed by atoms with Crippen molar-refractivity contribution in [3.63, 3.8) is 0 Å². The van der Waals surface area contributed by atoms with Gasteiger partial charge in [-0.15, -0.1) is 0 Å². The van der Waals surface area contributed by atoms with E-state index in [4.69, 9.17) is 11.6 Å². The number of rotatable bonds is 3. The van der Waals surface area contributed by atoms with Crippen LogP contribution in [0.1, 0.15) is 12.8 Å². The van der Waals surface area contributed by atoms with Crippen LogP contribution in [0.2, 0.25) is 5.02 Å². The van der Waals surface area contributed by atoms with Crippen LogP contribution in [-0.4, -0.2) is 32.1 Å². The van der Waals surface area contributed by atoms with E-state index in [-0.39, 0.29) is 22.4 Å². The Labute approximate surface area is 116 Å². The molecule has 0 spiro atoms. The first-order chi connectivity index (χ1) is 8.95. The molecule has 1 heterocycles. The van der Waals surface area contributed by atoms with Crippen LogP contribution >= 0.6 is 11.6 Å². The molecule has 0 aromatic heterocycles. The van der Waals surface area contributed by atoms with Crippen molar-refractivity contribution in [2.45, 2.75) is 17.7 Å². The van der Waals surface area contributed by atoms with Gasteiger partial charge in [0, 0.05) is 19.0 Å². The molecule has 1 atom stereocenters. The maximum absolute atomic E-state index is 13.2. The zero-order valence-electron chi connectivity index (χ0n) is 10.1. The molecular weight excluding hydrogens is 293 g/mol. The van der Waals surface area contributed by atoms with Crippen molar-refractivity contribution < 1.29 is 17.6 Å². The van der Waals surface area contributed by atoms with Gasteiger partial charge in [0.15, 0.2) is 0 Å². The van der Waals surface area contributed by atoms with E-state index in [1.54, 1.807) is 0 Å². The molecule has 1 aliphatic rings.